The van der Waals surface area contributed by atoms with Crippen molar-refractivity contribution in [1.29, 1.82) is 0 Å². The number of rotatable bonds is 5. The van der Waals surface area contributed by atoms with Crippen LogP contribution in [0, 0.1) is 0 Å². The van der Waals surface area contributed by atoms with Gasteiger partial charge in [-0.15, -0.1) is 0 Å². The normalized spacial score (nSPS) is 14.3. The molecule has 22 heavy (non-hydrogen) atoms. The van der Waals surface area contributed by atoms with Crippen molar-refractivity contribution in [2.75, 3.05) is 13.1 Å². The summed E-state index contributed by atoms with van der Waals surface area (Å²) in [5, 5.41) is 0. The van der Waals surface area contributed by atoms with E-state index in [1.807, 2.05) is 53.2 Å². The number of amides is 1. The minimum absolute atomic E-state index is 0.171. The molecule has 0 saturated carbocycles. The molecule has 1 fully saturated rings. The summed E-state index contributed by atoms with van der Waals surface area (Å²) in [5.41, 5.74) is 3.16. The van der Waals surface area contributed by atoms with Crippen molar-refractivity contribution >= 4 is 17.7 Å². The number of pyridine rings is 1. The first kappa shape index (κ1) is 15.1. The van der Waals surface area contributed by atoms with Gasteiger partial charge in [0.25, 0.3) is 5.91 Å². The van der Waals surface area contributed by atoms with Gasteiger partial charge in [-0.05, 0) is 42.7 Å². The van der Waals surface area contributed by atoms with Crippen LogP contribution in [0.2, 0.25) is 0 Å². The Labute approximate surface area is 135 Å². The zero-order valence-corrected chi connectivity index (χ0v) is 13.4. The van der Waals surface area contributed by atoms with Crippen LogP contribution >= 0.6 is 11.8 Å². The Morgan fingerprint density at radius 3 is 2.50 bits per heavy atom. The first-order valence-corrected chi connectivity index (χ1v) is 8.84. The number of hydrogen-bond acceptors (Lipinski definition) is 3. The summed E-state index contributed by atoms with van der Waals surface area (Å²) in [7, 11) is 0. The Morgan fingerprint density at radius 2 is 1.82 bits per heavy atom. The summed E-state index contributed by atoms with van der Waals surface area (Å²) in [6.07, 6.45) is 4.09. The zero-order valence-electron chi connectivity index (χ0n) is 12.6. The van der Waals surface area contributed by atoms with E-state index in [4.69, 9.17) is 0 Å². The second-order valence-corrected chi connectivity index (χ2v) is 6.50. The monoisotopic (exact) mass is 312 g/mol. The molecule has 0 unspecified atom stereocenters. The number of likely N-dealkylation sites (tertiary alicyclic amines) is 1. The first-order valence-electron chi connectivity index (χ1n) is 7.69. The van der Waals surface area contributed by atoms with Gasteiger partial charge in [0.2, 0.25) is 0 Å². The summed E-state index contributed by atoms with van der Waals surface area (Å²) < 4.78 is 0. The lowest BCUT2D eigenvalue weighted by Crippen LogP contribution is -2.27. The molecule has 2 heterocycles. The van der Waals surface area contributed by atoms with Gasteiger partial charge >= 0.3 is 0 Å². The maximum atomic E-state index is 12.3. The molecule has 0 aliphatic carbocycles. The largest absolute Gasteiger partial charge is 0.339 e. The fourth-order valence-corrected chi connectivity index (χ4v) is 3.51. The van der Waals surface area contributed by atoms with Crippen molar-refractivity contribution in [2.24, 2.45) is 0 Å². The smallest absolute Gasteiger partial charge is 0.253 e. The van der Waals surface area contributed by atoms with Crippen LogP contribution in [0.15, 0.2) is 48.7 Å². The Bertz CT molecular complexity index is 607. The molecule has 3 nitrogen and oxygen atoms in total. The van der Waals surface area contributed by atoms with E-state index in [2.05, 4.69) is 17.1 Å². The topological polar surface area (TPSA) is 33.2 Å². The molecule has 1 aliphatic rings. The quantitative estimate of drug-likeness (QED) is 0.843. The molecule has 1 aromatic carbocycles. The van der Waals surface area contributed by atoms with Crippen molar-refractivity contribution in [3.8, 4) is 0 Å². The summed E-state index contributed by atoms with van der Waals surface area (Å²) in [4.78, 5) is 18.5. The van der Waals surface area contributed by atoms with Gasteiger partial charge in [0.15, 0.2) is 0 Å². The number of hydrogen-bond donors (Lipinski definition) is 0. The molecule has 1 aliphatic heterocycles. The molecular formula is C18H20N2OS. The van der Waals surface area contributed by atoms with E-state index in [1.165, 1.54) is 5.56 Å². The van der Waals surface area contributed by atoms with Crippen LogP contribution in [0.3, 0.4) is 0 Å². The van der Waals surface area contributed by atoms with Gasteiger partial charge in [-0.2, -0.15) is 11.8 Å². The standard InChI is InChI=1S/C18H20N2OS/c21-18(20-11-3-4-12-20)16-8-6-15(7-9-16)13-22-14-17-5-1-2-10-19-17/h1-2,5-10H,3-4,11-14H2. The Kier molecular flexibility index (Phi) is 5.11. The third kappa shape index (κ3) is 3.89. The van der Waals surface area contributed by atoms with Crippen LogP contribution in [-0.2, 0) is 11.5 Å². The lowest BCUT2D eigenvalue weighted by Gasteiger charge is -2.15. The Morgan fingerprint density at radius 1 is 1.05 bits per heavy atom. The minimum atomic E-state index is 0.171. The van der Waals surface area contributed by atoms with Crippen molar-refractivity contribution in [2.45, 2.75) is 24.3 Å². The molecule has 1 amide bonds. The van der Waals surface area contributed by atoms with E-state index in [9.17, 15) is 4.79 Å². The van der Waals surface area contributed by atoms with Crippen molar-refractivity contribution in [1.82, 2.24) is 9.88 Å². The van der Waals surface area contributed by atoms with Crippen molar-refractivity contribution < 1.29 is 4.79 Å². The SMILES string of the molecule is O=C(c1ccc(CSCc2ccccn2)cc1)N1CCCC1. The van der Waals surface area contributed by atoms with Crippen LogP contribution in [0.4, 0.5) is 0 Å². The maximum absolute atomic E-state index is 12.3. The third-order valence-corrected chi connectivity index (χ3v) is 4.88. The molecule has 3 rings (SSSR count). The van der Waals surface area contributed by atoms with Gasteiger partial charge in [0, 0.05) is 36.4 Å². The van der Waals surface area contributed by atoms with Gasteiger partial charge in [-0.1, -0.05) is 18.2 Å². The number of aromatic nitrogens is 1. The number of benzene rings is 1. The molecule has 1 aromatic heterocycles. The molecule has 0 radical (unpaired) electrons. The van der Waals surface area contributed by atoms with Crippen LogP contribution < -0.4 is 0 Å². The van der Waals surface area contributed by atoms with E-state index in [0.29, 0.717) is 0 Å². The van der Waals surface area contributed by atoms with Crippen LogP contribution in [-0.4, -0.2) is 28.9 Å². The molecule has 0 N–H and O–H groups in total. The van der Waals surface area contributed by atoms with Crippen molar-refractivity contribution in [3.05, 3.63) is 65.5 Å². The molecule has 0 spiro atoms. The molecule has 1 saturated heterocycles. The Hall–Kier alpha value is -1.81. The molecule has 2 aromatic rings. The number of thioether (sulfide) groups is 1. The highest BCUT2D eigenvalue weighted by Gasteiger charge is 2.18. The van der Waals surface area contributed by atoms with E-state index >= 15 is 0 Å². The van der Waals surface area contributed by atoms with Crippen LogP contribution in [0.1, 0.15) is 34.5 Å². The van der Waals surface area contributed by atoms with Gasteiger partial charge in [0.1, 0.15) is 0 Å². The lowest BCUT2D eigenvalue weighted by molar-refractivity contribution is 0.0793. The third-order valence-electron chi connectivity index (χ3n) is 3.84. The van der Waals surface area contributed by atoms with Gasteiger partial charge < -0.3 is 4.90 Å². The van der Waals surface area contributed by atoms with Gasteiger partial charge in [-0.25, -0.2) is 0 Å². The first-order chi connectivity index (χ1) is 10.8. The summed E-state index contributed by atoms with van der Waals surface area (Å²) in [6.45, 7) is 1.81. The predicted octanol–water partition coefficient (Wildman–Crippen LogP) is 3.75. The zero-order chi connectivity index (χ0) is 15.2. The molecule has 114 valence electrons. The van der Waals surface area contributed by atoms with E-state index in [-0.39, 0.29) is 5.91 Å². The predicted molar refractivity (Wildman–Crippen MR) is 90.8 cm³/mol. The van der Waals surface area contributed by atoms with Crippen molar-refractivity contribution in [3.63, 3.8) is 0 Å². The van der Waals surface area contributed by atoms with Gasteiger partial charge in [-0.3, -0.25) is 9.78 Å². The maximum Gasteiger partial charge on any atom is 0.253 e. The molecule has 0 bridgehead atoms. The fourth-order valence-electron chi connectivity index (χ4n) is 2.60. The summed E-state index contributed by atoms with van der Waals surface area (Å²) in [5.74, 6) is 2.02. The Balaban J connectivity index is 1.52. The van der Waals surface area contributed by atoms with Crippen LogP contribution in [0.5, 0.6) is 0 Å². The summed E-state index contributed by atoms with van der Waals surface area (Å²) in [6, 6.07) is 14.0. The highest BCUT2D eigenvalue weighted by molar-refractivity contribution is 7.97. The lowest BCUT2D eigenvalue weighted by atomic mass is 10.1. The second kappa shape index (κ2) is 7.45. The highest BCUT2D eigenvalue weighted by Crippen LogP contribution is 2.18. The van der Waals surface area contributed by atoms with E-state index in [1.54, 1.807) is 0 Å². The minimum Gasteiger partial charge on any atom is -0.339 e. The average Bonchev–Trinajstić information content (AvgIpc) is 3.10. The van der Waals surface area contributed by atoms with Crippen LogP contribution in [0.25, 0.3) is 0 Å². The molecule has 0 atom stereocenters. The second-order valence-electron chi connectivity index (χ2n) is 5.51. The number of nitrogens with zero attached hydrogens (tertiary/aromatic N) is 2. The average molecular weight is 312 g/mol. The van der Waals surface area contributed by atoms with E-state index < -0.39 is 0 Å². The fraction of sp³-hybridized carbons (Fsp3) is 0.333. The van der Waals surface area contributed by atoms with Gasteiger partial charge in [0.05, 0.1) is 5.69 Å². The molecular weight excluding hydrogens is 292 g/mol. The van der Waals surface area contributed by atoms with E-state index in [0.717, 1.165) is 48.7 Å². The molecule has 4 heteroatoms. The number of carbonyl (C=O) groups is 1. The number of carbonyl (C=O) groups excluding carboxylic acids is 1. The highest BCUT2D eigenvalue weighted by atomic mass is 32.2. The summed E-state index contributed by atoms with van der Waals surface area (Å²) >= 11 is 1.84.